The second kappa shape index (κ2) is 7.56. The van der Waals surface area contributed by atoms with Crippen LogP contribution in [0.2, 0.25) is 0 Å². The Kier molecular flexibility index (Phi) is 5.38. The Balaban J connectivity index is 1.25. The quantitative estimate of drug-likeness (QED) is 0.849. The molecule has 2 heterocycles. The number of hydrogen-bond donors (Lipinski definition) is 1. The van der Waals surface area contributed by atoms with Gasteiger partial charge in [0.1, 0.15) is 0 Å². The third-order valence-corrected chi connectivity index (χ3v) is 7.85. The van der Waals surface area contributed by atoms with Crippen molar-refractivity contribution >= 4 is 5.91 Å². The van der Waals surface area contributed by atoms with Crippen molar-refractivity contribution < 1.29 is 4.79 Å². The molecule has 4 nitrogen and oxygen atoms in total. The summed E-state index contributed by atoms with van der Waals surface area (Å²) in [6, 6.07) is 1.31. The normalized spacial score (nSPS) is 31.5. The van der Waals surface area contributed by atoms with Crippen LogP contribution in [-0.2, 0) is 4.79 Å². The van der Waals surface area contributed by atoms with Gasteiger partial charge in [-0.25, -0.2) is 0 Å². The van der Waals surface area contributed by atoms with Gasteiger partial charge in [-0.1, -0.05) is 12.8 Å². The SMILES string of the molecule is CN(CC1CC(=O)N(C2CCCC2)C1)C1CCC2(CCNCC2)CC1. The first-order chi connectivity index (χ1) is 12.2. The summed E-state index contributed by atoms with van der Waals surface area (Å²) in [7, 11) is 2.31. The molecular weight excluding hydrogens is 310 g/mol. The van der Waals surface area contributed by atoms with Gasteiger partial charge in [0.15, 0.2) is 0 Å². The molecule has 1 unspecified atom stereocenters. The van der Waals surface area contributed by atoms with Crippen LogP contribution in [0.3, 0.4) is 0 Å². The second-order valence-corrected chi connectivity index (χ2v) is 9.48. The highest BCUT2D eigenvalue weighted by Gasteiger charge is 2.39. The van der Waals surface area contributed by atoms with E-state index in [2.05, 4.69) is 22.2 Å². The summed E-state index contributed by atoms with van der Waals surface area (Å²) < 4.78 is 0. The minimum Gasteiger partial charge on any atom is -0.339 e. The fraction of sp³-hybridized carbons (Fsp3) is 0.952. The molecule has 2 saturated heterocycles. The maximum Gasteiger partial charge on any atom is 0.223 e. The molecule has 25 heavy (non-hydrogen) atoms. The van der Waals surface area contributed by atoms with Crippen LogP contribution in [0, 0.1) is 11.3 Å². The topological polar surface area (TPSA) is 35.6 Å². The predicted octanol–water partition coefficient (Wildman–Crippen LogP) is 3.02. The zero-order valence-corrected chi connectivity index (χ0v) is 16.1. The molecule has 0 aromatic heterocycles. The fourth-order valence-corrected chi connectivity index (χ4v) is 6.17. The van der Waals surface area contributed by atoms with E-state index in [1.165, 1.54) is 77.3 Å². The zero-order valence-electron chi connectivity index (χ0n) is 16.1. The molecule has 0 radical (unpaired) electrons. The highest BCUT2D eigenvalue weighted by molar-refractivity contribution is 5.79. The summed E-state index contributed by atoms with van der Waals surface area (Å²) in [5.74, 6) is 0.996. The van der Waals surface area contributed by atoms with E-state index in [0.29, 0.717) is 23.3 Å². The Hall–Kier alpha value is -0.610. The summed E-state index contributed by atoms with van der Waals surface area (Å²) in [6.45, 7) is 4.59. The van der Waals surface area contributed by atoms with Crippen molar-refractivity contribution in [3.05, 3.63) is 0 Å². The molecule has 1 spiro atoms. The van der Waals surface area contributed by atoms with Crippen LogP contribution in [0.1, 0.15) is 70.6 Å². The smallest absolute Gasteiger partial charge is 0.223 e. The van der Waals surface area contributed by atoms with Gasteiger partial charge in [0.2, 0.25) is 5.91 Å². The summed E-state index contributed by atoms with van der Waals surface area (Å²) in [6.07, 6.45) is 14.3. The van der Waals surface area contributed by atoms with E-state index in [-0.39, 0.29) is 0 Å². The molecule has 4 rings (SSSR count). The van der Waals surface area contributed by atoms with Gasteiger partial charge in [-0.3, -0.25) is 4.79 Å². The van der Waals surface area contributed by atoms with Crippen molar-refractivity contribution in [2.75, 3.05) is 33.2 Å². The first-order valence-corrected chi connectivity index (χ1v) is 10.9. The lowest BCUT2D eigenvalue weighted by molar-refractivity contribution is -0.129. The number of carbonyl (C=O) groups is 1. The average Bonchev–Trinajstić information content (AvgIpc) is 3.26. The second-order valence-electron chi connectivity index (χ2n) is 9.48. The Bertz CT molecular complexity index is 458. The van der Waals surface area contributed by atoms with Gasteiger partial charge in [-0.05, 0) is 82.8 Å². The highest BCUT2D eigenvalue weighted by atomic mass is 16.2. The molecule has 4 aliphatic rings. The summed E-state index contributed by atoms with van der Waals surface area (Å²) >= 11 is 0. The lowest BCUT2D eigenvalue weighted by atomic mass is 9.67. The number of amides is 1. The van der Waals surface area contributed by atoms with Crippen LogP contribution in [0.4, 0.5) is 0 Å². The molecule has 2 aliphatic heterocycles. The Morgan fingerprint density at radius 1 is 1.08 bits per heavy atom. The number of nitrogens with one attached hydrogen (secondary N) is 1. The van der Waals surface area contributed by atoms with E-state index in [4.69, 9.17) is 0 Å². The maximum atomic E-state index is 12.4. The van der Waals surface area contributed by atoms with Crippen molar-refractivity contribution in [3.63, 3.8) is 0 Å². The van der Waals surface area contributed by atoms with Crippen LogP contribution in [0.15, 0.2) is 0 Å². The molecule has 1 atom stereocenters. The molecule has 4 fully saturated rings. The van der Waals surface area contributed by atoms with Crippen LogP contribution in [0.5, 0.6) is 0 Å². The molecule has 0 aromatic rings. The molecule has 4 heteroatoms. The minimum absolute atomic E-state index is 0.433. The van der Waals surface area contributed by atoms with E-state index >= 15 is 0 Å². The first-order valence-electron chi connectivity index (χ1n) is 10.9. The van der Waals surface area contributed by atoms with E-state index < -0.39 is 0 Å². The lowest BCUT2D eigenvalue weighted by Crippen LogP contribution is -2.44. The molecule has 0 bridgehead atoms. The van der Waals surface area contributed by atoms with E-state index in [9.17, 15) is 4.79 Å². The standard InChI is InChI=1S/C21H37N3O/c1-23(18-6-8-21(9-7-18)10-12-22-13-11-21)15-17-14-20(25)24(16-17)19-4-2-3-5-19/h17-19,22H,2-16H2,1H3. The summed E-state index contributed by atoms with van der Waals surface area (Å²) in [5, 5.41) is 3.52. The van der Waals surface area contributed by atoms with Crippen LogP contribution in [-0.4, -0.2) is 61.0 Å². The third kappa shape index (κ3) is 3.90. The van der Waals surface area contributed by atoms with Crippen LogP contribution < -0.4 is 5.32 Å². The molecule has 1 N–H and O–H groups in total. The first kappa shape index (κ1) is 17.8. The largest absolute Gasteiger partial charge is 0.339 e. The third-order valence-electron chi connectivity index (χ3n) is 7.85. The van der Waals surface area contributed by atoms with Crippen LogP contribution in [0.25, 0.3) is 0 Å². The van der Waals surface area contributed by atoms with E-state index in [1.807, 2.05) is 0 Å². The van der Waals surface area contributed by atoms with Crippen LogP contribution >= 0.6 is 0 Å². The van der Waals surface area contributed by atoms with Crippen molar-refractivity contribution in [2.24, 2.45) is 11.3 Å². The van der Waals surface area contributed by atoms with Crippen molar-refractivity contribution in [1.82, 2.24) is 15.1 Å². The summed E-state index contributed by atoms with van der Waals surface area (Å²) in [4.78, 5) is 17.3. The van der Waals surface area contributed by atoms with Gasteiger partial charge in [0, 0.05) is 31.6 Å². The molecule has 142 valence electrons. The minimum atomic E-state index is 0.433. The number of rotatable bonds is 4. The highest BCUT2D eigenvalue weighted by Crippen LogP contribution is 2.44. The lowest BCUT2D eigenvalue weighted by Gasteiger charge is -2.45. The number of hydrogen-bond acceptors (Lipinski definition) is 3. The summed E-state index contributed by atoms with van der Waals surface area (Å²) in [5.41, 5.74) is 0.658. The Labute approximate surface area is 153 Å². The number of likely N-dealkylation sites (tertiary alicyclic amines) is 1. The van der Waals surface area contributed by atoms with Gasteiger partial charge in [-0.2, -0.15) is 0 Å². The molecule has 0 aromatic carbocycles. The number of carbonyl (C=O) groups excluding carboxylic acids is 1. The van der Waals surface area contributed by atoms with Gasteiger partial charge in [0.25, 0.3) is 0 Å². The number of nitrogens with zero attached hydrogens (tertiary/aromatic N) is 2. The molecular formula is C21H37N3O. The van der Waals surface area contributed by atoms with Crippen molar-refractivity contribution in [3.8, 4) is 0 Å². The van der Waals surface area contributed by atoms with Crippen molar-refractivity contribution in [1.29, 1.82) is 0 Å². The van der Waals surface area contributed by atoms with Gasteiger partial charge < -0.3 is 15.1 Å². The van der Waals surface area contributed by atoms with Gasteiger partial charge in [-0.15, -0.1) is 0 Å². The monoisotopic (exact) mass is 347 g/mol. The zero-order chi connectivity index (χ0) is 17.3. The Morgan fingerprint density at radius 2 is 1.76 bits per heavy atom. The molecule has 1 amide bonds. The van der Waals surface area contributed by atoms with Gasteiger partial charge >= 0.3 is 0 Å². The Morgan fingerprint density at radius 3 is 2.44 bits per heavy atom. The number of piperidine rings is 1. The van der Waals surface area contributed by atoms with E-state index in [0.717, 1.165) is 25.6 Å². The molecule has 2 saturated carbocycles. The molecule has 2 aliphatic carbocycles. The maximum absolute atomic E-state index is 12.4. The van der Waals surface area contributed by atoms with Crippen molar-refractivity contribution in [2.45, 2.75) is 82.7 Å². The fourth-order valence-electron chi connectivity index (χ4n) is 6.17. The predicted molar refractivity (Wildman–Crippen MR) is 101 cm³/mol. The average molecular weight is 348 g/mol. The van der Waals surface area contributed by atoms with E-state index in [1.54, 1.807) is 0 Å². The van der Waals surface area contributed by atoms with Gasteiger partial charge in [0.05, 0.1) is 0 Å².